The Morgan fingerprint density at radius 1 is 1.03 bits per heavy atom. The predicted octanol–water partition coefficient (Wildman–Crippen LogP) is 4.40. The Kier molecular flexibility index (Phi) is 8.19. The van der Waals surface area contributed by atoms with Crippen molar-refractivity contribution in [2.24, 2.45) is 4.99 Å². The number of carbonyl (C=O) groups is 2. The molecule has 0 aliphatic rings. The van der Waals surface area contributed by atoms with Crippen molar-refractivity contribution in [3.63, 3.8) is 0 Å². The molecule has 0 saturated carbocycles. The van der Waals surface area contributed by atoms with Gasteiger partial charge in [0.15, 0.2) is 0 Å². The molecule has 3 rings (SSSR count). The third-order valence-electron chi connectivity index (χ3n) is 5.40. The highest BCUT2D eigenvalue weighted by atomic mass is 16.5. The fraction of sp³-hybridized carbons (Fsp3) is 0.308. The van der Waals surface area contributed by atoms with Crippen molar-refractivity contribution >= 4 is 23.5 Å². The van der Waals surface area contributed by atoms with Gasteiger partial charge in [0.1, 0.15) is 0 Å². The van der Waals surface area contributed by atoms with Crippen molar-refractivity contribution in [1.29, 1.82) is 0 Å². The summed E-state index contributed by atoms with van der Waals surface area (Å²) in [5.41, 5.74) is 5.63. The van der Waals surface area contributed by atoms with Crippen molar-refractivity contribution in [3.8, 4) is 0 Å². The molecule has 8 heteroatoms. The molecule has 1 aromatic heterocycles. The predicted molar refractivity (Wildman–Crippen MR) is 133 cm³/mol. The van der Waals surface area contributed by atoms with Crippen molar-refractivity contribution < 1.29 is 14.3 Å². The second-order valence-corrected chi connectivity index (χ2v) is 7.88. The largest absolute Gasteiger partial charge is 0.462 e. The van der Waals surface area contributed by atoms with Crippen LogP contribution in [0.1, 0.15) is 57.1 Å². The van der Waals surface area contributed by atoms with Gasteiger partial charge in [-0.1, -0.05) is 17.7 Å². The Hall–Kier alpha value is -3.94. The first-order valence-corrected chi connectivity index (χ1v) is 11.3. The van der Waals surface area contributed by atoms with Crippen molar-refractivity contribution in [2.45, 2.75) is 47.7 Å². The summed E-state index contributed by atoms with van der Waals surface area (Å²) in [5.74, 6) is -0.344. The molecule has 0 aliphatic carbocycles. The monoisotopic (exact) mass is 461 g/mol. The Bertz CT molecular complexity index is 1200. The van der Waals surface area contributed by atoms with Gasteiger partial charge in [-0.3, -0.25) is 14.8 Å². The highest BCUT2D eigenvalue weighted by molar-refractivity contribution is 6.10. The number of nitrogens with zero attached hydrogens (tertiary/aromatic N) is 3. The molecule has 0 atom stereocenters. The Morgan fingerprint density at radius 2 is 1.76 bits per heavy atom. The number of esters is 1. The van der Waals surface area contributed by atoms with E-state index in [9.17, 15) is 9.59 Å². The normalized spacial score (nSPS) is 11.3. The van der Waals surface area contributed by atoms with E-state index in [1.54, 1.807) is 37.3 Å². The minimum atomic E-state index is -0.380. The van der Waals surface area contributed by atoms with E-state index in [4.69, 9.17) is 4.74 Å². The molecule has 8 nitrogen and oxygen atoms in total. The number of hydrogen-bond acceptors (Lipinski definition) is 5. The van der Waals surface area contributed by atoms with Crippen LogP contribution in [0.5, 0.6) is 0 Å². The van der Waals surface area contributed by atoms with Gasteiger partial charge in [-0.25, -0.2) is 9.79 Å². The molecule has 1 heterocycles. The van der Waals surface area contributed by atoms with E-state index >= 15 is 0 Å². The maximum Gasteiger partial charge on any atom is 0.338 e. The van der Waals surface area contributed by atoms with Gasteiger partial charge in [0, 0.05) is 29.1 Å². The van der Waals surface area contributed by atoms with Crippen LogP contribution in [-0.4, -0.2) is 34.2 Å². The summed E-state index contributed by atoms with van der Waals surface area (Å²) in [6, 6.07) is 14.2. The number of benzene rings is 2. The number of hydrogen-bond donors (Lipinski definition) is 2. The molecular formula is C26H31N5O3. The van der Waals surface area contributed by atoms with E-state index in [1.165, 1.54) is 0 Å². The number of anilines is 1. The van der Waals surface area contributed by atoms with Gasteiger partial charge in [-0.2, -0.15) is 5.10 Å². The number of carbonyl (C=O) groups excluding carboxylic acids is 2. The molecule has 34 heavy (non-hydrogen) atoms. The lowest BCUT2D eigenvalue weighted by atomic mass is 10.1. The van der Waals surface area contributed by atoms with Gasteiger partial charge in [-0.15, -0.1) is 0 Å². The zero-order valence-corrected chi connectivity index (χ0v) is 20.3. The van der Waals surface area contributed by atoms with E-state index in [0.29, 0.717) is 35.9 Å². The molecule has 0 bridgehead atoms. The molecule has 2 aromatic carbocycles. The fourth-order valence-corrected chi connectivity index (χ4v) is 3.55. The zero-order valence-electron chi connectivity index (χ0n) is 20.3. The van der Waals surface area contributed by atoms with Gasteiger partial charge >= 0.3 is 5.97 Å². The van der Waals surface area contributed by atoms with Gasteiger partial charge in [0.2, 0.25) is 5.96 Å². The molecule has 0 spiro atoms. The molecule has 0 fully saturated rings. The zero-order chi connectivity index (χ0) is 24.7. The first-order chi connectivity index (χ1) is 16.3. The first-order valence-electron chi connectivity index (χ1n) is 11.3. The van der Waals surface area contributed by atoms with Gasteiger partial charge < -0.3 is 10.1 Å². The van der Waals surface area contributed by atoms with Crippen LogP contribution in [-0.2, 0) is 17.8 Å². The number of ether oxygens (including phenoxy) is 1. The van der Waals surface area contributed by atoms with E-state index in [1.807, 2.05) is 50.6 Å². The van der Waals surface area contributed by atoms with E-state index in [-0.39, 0.29) is 11.9 Å². The SMILES string of the molecule is CCOC(=O)c1ccc(NC(=NCc2c(C)nn(CC)c2C)NC(=O)c2cccc(C)c2)cc1. The van der Waals surface area contributed by atoms with Gasteiger partial charge in [-0.05, 0) is 71.0 Å². The van der Waals surface area contributed by atoms with Crippen LogP contribution in [0.2, 0.25) is 0 Å². The lowest BCUT2D eigenvalue weighted by Crippen LogP contribution is -2.36. The van der Waals surface area contributed by atoms with Crippen LogP contribution in [0, 0.1) is 20.8 Å². The maximum absolute atomic E-state index is 12.9. The number of guanidine groups is 1. The number of aromatic nitrogens is 2. The van der Waals surface area contributed by atoms with Gasteiger partial charge in [0.25, 0.3) is 5.91 Å². The van der Waals surface area contributed by atoms with Crippen LogP contribution in [0.15, 0.2) is 53.5 Å². The lowest BCUT2D eigenvalue weighted by molar-refractivity contribution is 0.0526. The second kappa shape index (κ2) is 11.3. The molecule has 0 radical (unpaired) electrons. The molecule has 1 amide bonds. The summed E-state index contributed by atoms with van der Waals surface area (Å²) in [5, 5.41) is 10.6. The number of aryl methyl sites for hydroxylation is 3. The topological polar surface area (TPSA) is 97.6 Å². The smallest absolute Gasteiger partial charge is 0.338 e. The quantitative estimate of drug-likeness (QED) is 0.309. The minimum absolute atomic E-state index is 0.268. The van der Waals surface area contributed by atoms with Crippen LogP contribution in [0.3, 0.4) is 0 Å². The van der Waals surface area contributed by atoms with Crippen LogP contribution in [0.25, 0.3) is 0 Å². The summed E-state index contributed by atoms with van der Waals surface area (Å²) in [7, 11) is 0. The summed E-state index contributed by atoms with van der Waals surface area (Å²) in [4.78, 5) is 29.5. The Labute approximate surface area is 200 Å². The van der Waals surface area contributed by atoms with E-state index in [2.05, 4.69) is 20.7 Å². The average molecular weight is 462 g/mol. The number of aliphatic imine (C=N–C) groups is 1. The van der Waals surface area contributed by atoms with E-state index in [0.717, 1.165) is 29.1 Å². The fourth-order valence-electron chi connectivity index (χ4n) is 3.55. The molecular weight excluding hydrogens is 430 g/mol. The molecule has 0 saturated heterocycles. The highest BCUT2D eigenvalue weighted by Crippen LogP contribution is 2.15. The summed E-state index contributed by atoms with van der Waals surface area (Å²) < 4.78 is 6.97. The molecule has 3 aromatic rings. The summed E-state index contributed by atoms with van der Waals surface area (Å²) in [6.45, 7) is 11.2. The number of nitrogens with one attached hydrogen (secondary N) is 2. The Balaban J connectivity index is 1.85. The van der Waals surface area contributed by atoms with Gasteiger partial charge in [0.05, 0.1) is 24.4 Å². The average Bonchev–Trinajstić information content (AvgIpc) is 3.10. The van der Waals surface area contributed by atoms with E-state index < -0.39 is 0 Å². The van der Waals surface area contributed by atoms with Crippen LogP contribution >= 0.6 is 0 Å². The third kappa shape index (κ3) is 6.10. The maximum atomic E-state index is 12.9. The minimum Gasteiger partial charge on any atom is -0.462 e. The summed E-state index contributed by atoms with van der Waals surface area (Å²) in [6.07, 6.45) is 0. The number of rotatable bonds is 7. The second-order valence-electron chi connectivity index (χ2n) is 7.88. The van der Waals surface area contributed by atoms with Crippen molar-refractivity contribution in [2.75, 3.05) is 11.9 Å². The standard InChI is InChI=1S/C26H31N5O3/c1-6-31-19(5)23(18(4)30-31)16-27-26(29-24(32)21-10-8-9-17(3)15-21)28-22-13-11-20(12-14-22)25(33)34-7-2/h8-15H,6-7,16H2,1-5H3,(H2,27,28,29,32). The first kappa shape index (κ1) is 24.7. The molecule has 178 valence electrons. The van der Waals surface area contributed by atoms with Crippen LogP contribution < -0.4 is 10.6 Å². The van der Waals surface area contributed by atoms with Crippen molar-refractivity contribution in [1.82, 2.24) is 15.1 Å². The molecule has 0 unspecified atom stereocenters. The highest BCUT2D eigenvalue weighted by Gasteiger charge is 2.13. The molecule has 0 aliphatic heterocycles. The molecule has 2 N–H and O–H groups in total. The lowest BCUT2D eigenvalue weighted by Gasteiger charge is -2.13. The third-order valence-corrected chi connectivity index (χ3v) is 5.40. The number of amides is 1. The van der Waals surface area contributed by atoms with Crippen molar-refractivity contribution in [3.05, 3.63) is 82.2 Å². The van der Waals surface area contributed by atoms with Crippen LogP contribution in [0.4, 0.5) is 5.69 Å². The summed E-state index contributed by atoms with van der Waals surface area (Å²) >= 11 is 0. The Morgan fingerprint density at radius 3 is 2.38 bits per heavy atom.